The summed E-state index contributed by atoms with van der Waals surface area (Å²) in [6, 6.07) is 14.7. The van der Waals surface area contributed by atoms with E-state index >= 15 is 0 Å². The van der Waals surface area contributed by atoms with Crippen LogP contribution >= 0.6 is 15.9 Å². The van der Waals surface area contributed by atoms with Crippen molar-refractivity contribution >= 4 is 21.8 Å². The molecule has 0 saturated carbocycles. The third kappa shape index (κ3) is 4.42. The van der Waals surface area contributed by atoms with Crippen molar-refractivity contribution in [3.05, 3.63) is 76.8 Å². The van der Waals surface area contributed by atoms with Gasteiger partial charge in [0.05, 0.1) is 12.2 Å². The van der Waals surface area contributed by atoms with Gasteiger partial charge in [-0.25, -0.2) is 4.68 Å². The maximum atomic E-state index is 12.1. The number of amides is 1. The Morgan fingerprint density at radius 3 is 2.75 bits per heavy atom. The quantitative estimate of drug-likeness (QED) is 0.706. The Bertz CT molecular complexity index is 803. The number of carbonyl (C=O) groups excluding carboxylic acids is 1. The topological polar surface area (TPSA) is 69.0 Å². The van der Waals surface area contributed by atoms with Crippen LogP contribution in [0.1, 0.15) is 16.2 Å². The second-order valence-corrected chi connectivity index (χ2v) is 5.89. The molecule has 7 heteroatoms. The minimum Gasteiger partial charge on any atom is -0.471 e. The van der Waals surface area contributed by atoms with E-state index in [-0.39, 0.29) is 12.6 Å². The number of rotatable bonds is 6. The predicted molar refractivity (Wildman–Crippen MR) is 92.4 cm³/mol. The summed E-state index contributed by atoms with van der Waals surface area (Å²) in [5, 5.41) is 6.99. The lowest BCUT2D eigenvalue weighted by Gasteiger charge is -2.06. The average Bonchev–Trinajstić information content (AvgIpc) is 3.09. The molecule has 0 aliphatic heterocycles. The zero-order chi connectivity index (χ0) is 16.8. The lowest BCUT2D eigenvalue weighted by molar-refractivity contribution is 0.0943. The molecule has 3 rings (SSSR count). The highest BCUT2D eigenvalue weighted by Gasteiger charge is 2.09. The maximum Gasteiger partial charge on any atom is 0.272 e. The van der Waals surface area contributed by atoms with E-state index in [0.29, 0.717) is 12.2 Å². The molecule has 1 N–H and O–H groups in total. The molecule has 2 aromatic heterocycles. The van der Waals surface area contributed by atoms with Crippen LogP contribution in [-0.4, -0.2) is 20.7 Å². The van der Waals surface area contributed by atoms with Gasteiger partial charge in [0.1, 0.15) is 11.4 Å². The Morgan fingerprint density at radius 1 is 1.17 bits per heavy atom. The van der Waals surface area contributed by atoms with Crippen LogP contribution < -0.4 is 10.1 Å². The lowest BCUT2D eigenvalue weighted by atomic mass is 10.3. The first-order valence-corrected chi connectivity index (χ1v) is 8.10. The fraction of sp³-hybridized carbons (Fsp3) is 0.118. The maximum absolute atomic E-state index is 12.1. The van der Waals surface area contributed by atoms with E-state index in [9.17, 15) is 4.79 Å². The minimum absolute atomic E-state index is 0.231. The Balaban J connectivity index is 1.52. The molecule has 24 heavy (non-hydrogen) atoms. The van der Waals surface area contributed by atoms with Crippen LogP contribution in [0, 0.1) is 0 Å². The van der Waals surface area contributed by atoms with Gasteiger partial charge in [0.15, 0.2) is 6.73 Å². The van der Waals surface area contributed by atoms with Crippen molar-refractivity contribution < 1.29 is 9.53 Å². The van der Waals surface area contributed by atoms with Crippen LogP contribution in [-0.2, 0) is 13.3 Å². The van der Waals surface area contributed by atoms with Gasteiger partial charge in [-0.15, -0.1) is 0 Å². The fourth-order valence-electron chi connectivity index (χ4n) is 1.99. The number of aromatic nitrogens is 3. The summed E-state index contributed by atoms with van der Waals surface area (Å²) in [4.78, 5) is 16.2. The van der Waals surface area contributed by atoms with Gasteiger partial charge in [-0.05, 0) is 42.5 Å². The molecular formula is C17H15BrN4O2. The molecule has 1 amide bonds. The van der Waals surface area contributed by atoms with Crippen LogP contribution in [0.4, 0.5) is 0 Å². The molecule has 0 bridgehead atoms. The van der Waals surface area contributed by atoms with Gasteiger partial charge in [0.2, 0.25) is 0 Å². The van der Waals surface area contributed by atoms with Gasteiger partial charge in [-0.3, -0.25) is 9.78 Å². The number of benzene rings is 1. The molecule has 122 valence electrons. The summed E-state index contributed by atoms with van der Waals surface area (Å²) in [7, 11) is 0. The van der Waals surface area contributed by atoms with Gasteiger partial charge in [-0.1, -0.05) is 22.0 Å². The van der Waals surface area contributed by atoms with Crippen molar-refractivity contribution in [1.29, 1.82) is 0 Å². The van der Waals surface area contributed by atoms with E-state index in [1.54, 1.807) is 23.1 Å². The number of halogens is 1. The SMILES string of the molecule is O=C(NCc1ccccn1)c1ccn(COc2ccc(Br)cc2)n1. The van der Waals surface area contributed by atoms with Crippen LogP contribution in [0.3, 0.4) is 0 Å². The monoisotopic (exact) mass is 386 g/mol. The number of ether oxygens (including phenoxy) is 1. The molecular weight excluding hydrogens is 372 g/mol. The standard InChI is InChI=1S/C17H15BrN4O2/c18-13-4-6-15(7-5-13)24-12-22-10-8-16(21-22)17(23)20-11-14-3-1-2-9-19-14/h1-10H,11-12H2,(H,20,23). The molecule has 0 aliphatic carbocycles. The number of hydrogen-bond donors (Lipinski definition) is 1. The van der Waals surface area contributed by atoms with Crippen molar-refractivity contribution in [2.45, 2.75) is 13.3 Å². The van der Waals surface area contributed by atoms with Crippen molar-refractivity contribution in [2.75, 3.05) is 0 Å². The normalized spacial score (nSPS) is 10.4. The minimum atomic E-state index is -0.247. The Kier molecular flexibility index (Phi) is 5.22. The van der Waals surface area contributed by atoms with E-state index in [1.165, 1.54) is 0 Å². The molecule has 0 unspecified atom stereocenters. The summed E-state index contributed by atoms with van der Waals surface area (Å²) in [6.45, 7) is 0.594. The Labute approximate surface area is 147 Å². The van der Waals surface area contributed by atoms with Crippen LogP contribution in [0.5, 0.6) is 5.75 Å². The van der Waals surface area contributed by atoms with Gasteiger partial charge in [-0.2, -0.15) is 5.10 Å². The van der Waals surface area contributed by atoms with E-state index in [4.69, 9.17) is 4.74 Å². The third-order valence-corrected chi connectivity index (χ3v) is 3.74. The number of hydrogen-bond acceptors (Lipinski definition) is 4. The first-order chi connectivity index (χ1) is 11.7. The smallest absolute Gasteiger partial charge is 0.272 e. The highest BCUT2D eigenvalue weighted by Crippen LogP contribution is 2.16. The van der Waals surface area contributed by atoms with Gasteiger partial charge in [0.25, 0.3) is 5.91 Å². The Hall–Kier alpha value is -2.67. The molecule has 0 spiro atoms. The van der Waals surface area contributed by atoms with Gasteiger partial charge in [0, 0.05) is 16.9 Å². The molecule has 0 atom stereocenters. The molecule has 2 heterocycles. The zero-order valence-electron chi connectivity index (χ0n) is 12.7. The van der Waals surface area contributed by atoms with E-state index in [0.717, 1.165) is 15.9 Å². The first-order valence-electron chi connectivity index (χ1n) is 7.30. The average molecular weight is 387 g/mol. The molecule has 0 radical (unpaired) electrons. The van der Waals surface area contributed by atoms with E-state index in [2.05, 4.69) is 31.3 Å². The molecule has 1 aromatic carbocycles. The summed E-state index contributed by atoms with van der Waals surface area (Å²) >= 11 is 3.37. The number of pyridine rings is 1. The highest BCUT2D eigenvalue weighted by molar-refractivity contribution is 9.10. The summed E-state index contributed by atoms with van der Waals surface area (Å²) in [5.74, 6) is 0.484. The largest absolute Gasteiger partial charge is 0.471 e. The number of nitrogens with zero attached hydrogens (tertiary/aromatic N) is 3. The Morgan fingerprint density at radius 2 is 2.00 bits per heavy atom. The van der Waals surface area contributed by atoms with E-state index in [1.807, 2.05) is 42.5 Å². The van der Waals surface area contributed by atoms with E-state index < -0.39 is 0 Å². The molecule has 3 aromatic rings. The number of carbonyl (C=O) groups is 1. The fourth-order valence-corrected chi connectivity index (χ4v) is 2.25. The zero-order valence-corrected chi connectivity index (χ0v) is 14.3. The second kappa shape index (κ2) is 7.74. The van der Waals surface area contributed by atoms with Crippen LogP contribution in [0.2, 0.25) is 0 Å². The number of nitrogens with one attached hydrogen (secondary N) is 1. The molecule has 0 aliphatic rings. The summed E-state index contributed by atoms with van der Waals surface area (Å²) in [5.41, 5.74) is 1.13. The third-order valence-electron chi connectivity index (χ3n) is 3.21. The second-order valence-electron chi connectivity index (χ2n) is 4.97. The van der Waals surface area contributed by atoms with Crippen molar-refractivity contribution in [2.24, 2.45) is 0 Å². The molecule has 6 nitrogen and oxygen atoms in total. The van der Waals surface area contributed by atoms with Crippen molar-refractivity contribution in [3.8, 4) is 5.75 Å². The highest BCUT2D eigenvalue weighted by atomic mass is 79.9. The summed E-state index contributed by atoms with van der Waals surface area (Å²) in [6.07, 6.45) is 3.39. The van der Waals surface area contributed by atoms with Gasteiger partial charge >= 0.3 is 0 Å². The van der Waals surface area contributed by atoms with Gasteiger partial charge < -0.3 is 10.1 Å². The van der Waals surface area contributed by atoms with Crippen molar-refractivity contribution in [1.82, 2.24) is 20.1 Å². The first kappa shape index (κ1) is 16.2. The molecule has 0 fully saturated rings. The predicted octanol–water partition coefficient (Wildman–Crippen LogP) is 3.01. The summed E-state index contributed by atoms with van der Waals surface area (Å²) < 4.78 is 8.16. The van der Waals surface area contributed by atoms with Crippen molar-refractivity contribution in [3.63, 3.8) is 0 Å². The lowest BCUT2D eigenvalue weighted by Crippen LogP contribution is -2.24. The van der Waals surface area contributed by atoms with Crippen LogP contribution in [0.25, 0.3) is 0 Å². The van der Waals surface area contributed by atoms with Crippen LogP contribution in [0.15, 0.2) is 65.4 Å². The molecule has 0 saturated heterocycles.